The van der Waals surface area contributed by atoms with Crippen LogP contribution in [0.25, 0.3) is 0 Å². The van der Waals surface area contributed by atoms with Gasteiger partial charge in [0.05, 0.1) is 4.90 Å². The van der Waals surface area contributed by atoms with Crippen molar-refractivity contribution >= 4 is 26.0 Å². The number of benzene rings is 1. The van der Waals surface area contributed by atoms with Gasteiger partial charge in [0.1, 0.15) is 5.82 Å². The van der Waals surface area contributed by atoms with Crippen LogP contribution in [0.5, 0.6) is 0 Å². The summed E-state index contributed by atoms with van der Waals surface area (Å²) in [6.45, 7) is 0.449. The Hall–Kier alpha value is -0.460. The molecule has 0 spiro atoms. The fraction of sp³-hybridized carbons (Fsp3) is 0.571. The largest absolute Gasteiger partial charge is 0.243 e. The highest BCUT2D eigenvalue weighted by atomic mass is 79.9. The maximum absolute atomic E-state index is 13.0. The van der Waals surface area contributed by atoms with Gasteiger partial charge in [-0.25, -0.2) is 12.8 Å². The van der Waals surface area contributed by atoms with E-state index in [0.29, 0.717) is 11.9 Å². The summed E-state index contributed by atoms with van der Waals surface area (Å²) in [5, 5.41) is 0.601. The van der Waals surface area contributed by atoms with E-state index in [1.54, 1.807) is 4.31 Å². The first-order valence-electron chi connectivity index (χ1n) is 6.89. The van der Waals surface area contributed by atoms with Crippen LogP contribution in [-0.4, -0.2) is 30.6 Å². The van der Waals surface area contributed by atoms with Crippen LogP contribution in [0.3, 0.4) is 0 Å². The van der Waals surface area contributed by atoms with Gasteiger partial charge in [-0.3, -0.25) is 0 Å². The summed E-state index contributed by atoms with van der Waals surface area (Å²) in [6.07, 6.45) is 5.14. The quantitative estimate of drug-likeness (QED) is 0.750. The molecule has 6 heteroatoms. The minimum Gasteiger partial charge on any atom is -0.207 e. The lowest BCUT2D eigenvalue weighted by Gasteiger charge is -2.33. The molecule has 1 aliphatic rings. The van der Waals surface area contributed by atoms with Crippen LogP contribution in [0.15, 0.2) is 29.2 Å². The Bertz CT molecular complexity index is 527. The minimum atomic E-state index is -3.54. The third-order valence-corrected chi connectivity index (χ3v) is 6.03. The fourth-order valence-corrected chi connectivity index (χ4v) is 5.00. The third kappa shape index (κ3) is 3.59. The van der Waals surface area contributed by atoms with E-state index in [1.165, 1.54) is 30.7 Å². The standard InChI is InChI=1S/C14H19BrFNO2S/c15-10-11-17(13-4-2-1-3-5-13)20(18,19)14-8-6-12(16)7-9-14/h6-9,13H,1-5,10-11H2. The molecule has 1 aliphatic carbocycles. The Morgan fingerprint density at radius 3 is 2.30 bits per heavy atom. The van der Waals surface area contributed by atoms with Crippen LogP contribution in [0.4, 0.5) is 4.39 Å². The second-order valence-corrected chi connectivity index (χ2v) is 7.73. The number of halogens is 2. The number of rotatable bonds is 5. The summed E-state index contributed by atoms with van der Waals surface area (Å²) in [7, 11) is -3.54. The molecule has 0 unspecified atom stereocenters. The molecular weight excluding hydrogens is 345 g/mol. The molecule has 0 aromatic heterocycles. The Labute approximate surface area is 128 Å². The molecule has 3 nitrogen and oxygen atoms in total. The molecular formula is C14H19BrFNO2S. The van der Waals surface area contributed by atoms with E-state index in [1.807, 2.05) is 0 Å². The molecule has 1 aromatic carbocycles. The summed E-state index contributed by atoms with van der Waals surface area (Å²) in [4.78, 5) is 0.172. The van der Waals surface area contributed by atoms with Crippen molar-refractivity contribution in [3.63, 3.8) is 0 Å². The highest BCUT2D eigenvalue weighted by Gasteiger charge is 2.31. The molecule has 0 saturated heterocycles. The zero-order valence-electron chi connectivity index (χ0n) is 11.3. The average molecular weight is 364 g/mol. The zero-order chi connectivity index (χ0) is 14.6. The van der Waals surface area contributed by atoms with Gasteiger partial charge in [-0.1, -0.05) is 35.2 Å². The second-order valence-electron chi connectivity index (χ2n) is 5.05. The van der Waals surface area contributed by atoms with E-state index in [-0.39, 0.29) is 10.9 Å². The Kier molecular flexibility index (Phi) is 5.57. The number of nitrogens with zero attached hydrogens (tertiary/aromatic N) is 1. The smallest absolute Gasteiger partial charge is 0.207 e. The Morgan fingerprint density at radius 2 is 1.75 bits per heavy atom. The van der Waals surface area contributed by atoms with E-state index in [9.17, 15) is 12.8 Å². The van der Waals surface area contributed by atoms with Gasteiger partial charge in [-0.2, -0.15) is 4.31 Å². The first-order valence-corrected chi connectivity index (χ1v) is 9.45. The first kappa shape index (κ1) is 15.9. The van der Waals surface area contributed by atoms with Crippen molar-refractivity contribution < 1.29 is 12.8 Å². The molecule has 20 heavy (non-hydrogen) atoms. The van der Waals surface area contributed by atoms with Gasteiger partial charge in [-0.15, -0.1) is 0 Å². The van der Waals surface area contributed by atoms with Crippen molar-refractivity contribution in [3.05, 3.63) is 30.1 Å². The predicted octanol–water partition coefficient (Wildman–Crippen LogP) is 3.54. The van der Waals surface area contributed by atoms with Crippen LogP contribution in [0, 0.1) is 5.82 Å². The Balaban J connectivity index is 2.28. The maximum Gasteiger partial charge on any atom is 0.243 e. The highest BCUT2D eigenvalue weighted by Crippen LogP contribution is 2.27. The van der Waals surface area contributed by atoms with Crippen LogP contribution in [0.1, 0.15) is 32.1 Å². The van der Waals surface area contributed by atoms with Crippen LogP contribution >= 0.6 is 15.9 Å². The molecule has 112 valence electrons. The average Bonchev–Trinajstić information content (AvgIpc) is 2.46. The van der Waals surface area contributed by atoms with Crippen LogP contribution in [-0.2, 0) is 10.0 Å². The number of sulfonamides is 1. The van der Waals surface area contributed by atoms with E-state index in [2.05, 4.69) is 15.9 Å². The van der Waals surface area contributed by atoms with Crippen molar-refractivity contribution in [1.82, 2.24) is 4.31 Å². The van der Waals surface area contributed by atoms with E-state index in [0.717, 1.165) is 25.7 Å². The first-order chi connectivity index (χ1) is 9.55. The van der Waals surface area contributed by atoms with Crippen LogP contribution < -0.4 is 0 Å². The third-order valence-electron chi connectivity index (χ3n) is 3.71. The molecule has 0 amide bonds. The lowest BCUT2D eigenvalue weighted by atomic mass is 9.95. The molecule has 0 atom stereocenters. The fourth-order valence-electron chi connectivity index (χ4n) is 2.69. The molecule has 1 saturated carbocycles. The molecule has 0 bridgehead atoms. The van der Waals surface area contributed by atoms with Gasteiger partial charge in [-0.05, 0) is 37.1 Å². The molecule has 1 aromatic rings. The number of hydrogen-bond acceptors (Lipinski definition) is 2. The number of hydrogen-bond donors (Lipinski definition) is 0. The second kappa shape index (κ2) is 7.00. The van der Waals surface area contributed by atoms with Crippen molar-refractivity contribution in [2.24, 2.45) is 0 Å². The van der Waals surface area contributed by atoms with Gasteiger partial charge in [0.25, 0.3) is 0 Å². The summed E-state index contributed by atoms with van der Waals surface area (Å²) in [6, 6.07) is 5.14. The summed E-state index contributed by atoms with van der Waals surface area (Å²) in [5.74, 6) is -0.423. The SMILES string of the molecule is O=S(=O)(c1ccc(F)cc1)N(CCBr)C1CCCCC1. The molecule has 0 radical (unpaired) electrons. The molecule has 0 N–H and O–H groups in total. The Morgan fingerprint density at radius 1 is 1.15 bits per heavy atom. The summed E-state index contributed by atoms with van der Waals surface area (Å²) >= 11 is 3.33. The normalized spacial score (nSPS) is 17.6. The van der Waals surface area contributed by atoms with Gasteiger partial charge in [0.15, 0.2) is 0 Å². The van der Waals surface area contributed by atoms with Crippen molar-refractivity contribution in [3.8, 4) is 0 Å². The molecule has 0 heterocycles. The number of alkyl halides is 1. The van der Waals surface area contributed by atoms with E-state index in [4.69, 9.17) is 0 Å². The van der Waals surface area contributed by atoms with Gasteiger partial charge in [0, 0.05) is 17.9 Å². The van der Waals surface area contributed by atoms with Crippen LogP contribution in [0.2, 0.25) is 0 Å². The topological polar surface area (TPSA) is 37.4 Å². The monoisotopic (exact) mass is 363 g/mol. The maximum atomic E-state index is 13.0. The predicted molar refractivity (Wildman–Crippen MR) is 81.0 cm³/mol. The van der Waals surface area contributed by atoms with E-state index >= 15 is 0 Å². The lowest BCUT2D eigenvalue weighted by molar-refractivity contribution is 0.263. The van der Waals surface area contributed by atoms with Crippen molar-refractivity contribution in [1.29, 1.82) is 0 Å². The summed E-state index contributed by atoms with van der Waals surface area (Å²) < 4.78 is 40.0. The molecule has 0 aliphatic heterocycles. The van der Waals surface area contributed by atoms with Gasteiger partial charge < -0.3 is 0 Å². The molecule has 1 fully saturated rings. The van der Waals surface area contributed by atoms with Crippen molar-refractivity contribution in [2.75, 3.05) is 11.9 Å². The lowest BCUT2D eigenvalue weighted by Crippen LogP contribution is -2.42. The zero-order valence-corrected chi connectivity index (χ0v) is 13.7. The highest BCUT2D eigenvalue weighted by molar-refractivity contribution is 9.09. The van der Waals surface area contributed by atoms with E-state index < -0.39 is 15.8 Å². The minimum absolute atomic E-state index is 0.0661. The van der Waals surface area contributed by atoms with Crippen molar-refractivity contribution in [2.45, 2.75) is 43.0 Å². The van der Waals surface area contributed by atoms with Gasteiger partial charge >= 0.3 is 0 Å². The van der Waals surface area contributed by atoms with Gasteiger partial charge in [0.2, 0.25) is 10.0 Å². The summed E-state index contributed by atoms with van der Waals surface area (Å²) in [5.41, 5.74) is 0. The molecule has 2 rings (SSSR count).